The third-order valence-electron chi connectivity index (χ3n) is 4.12. The SMILES string of the molecule is O=C(O)c1cc(C(=O)O)c(C(=O)O)c(C(=O)O)c1.O=C(O)c1cc(C(=O)O)c(C(=O)O)c(C(=O)O)c1. The first-order valence-corrected chi connectivity index (χ1v) is 8.73. The summed E-state index contributed by atoms with van der Waals surface area (Å²) in [6, 6.07) is 2.39. The lowest BCUT2D eigenvalue weighted by atomic mass is 9.97. The van der Waals surface area contributed by atoms with Crippen LogP contribution in [0.2, 0.25) is 0 Å². The highest BCUT2D eigenvalue weighted by atomic mass is 16.4. The van der Waals surface area contributed by atoms with Gasteiger partial charge in [-0.3, -0.25) is 0 Å². The maximum Gasteiger partial charge on any atom is 0.337 e. The highest BCUT2D eigenvalue weighted by Crippen LogP contribution is 2.20. The van der Waals surface area contributed by atoms with Gasteiger partial charge in [-0.25, -0.2) is 38.4 Å². The molecule has 16 heteroatoms. The summed E-state index contributed by atoms with van der Waals surface area (Å²) in [5.41, 5.74) is -6.70. The van der Waals surface area contributed by atoms with E-state index in [0.717, 1.165) is 0 Å². The molecule has 0 aromatic heterocycles. The molecule has 0 amide bonds. The van der Waals surface area contributed by atoms with Crippen LogP contribution in [0.1, 0.15) is 82.9 Å². The molecule has 0 bridgehead atoms. The number of aromatic carboxylic acids is 8. The summed E-state index contributed by atoms with van der Waals surface area (Å²) in [7, 11) is 0. The summed E-state index contributed by atoms with van der Waals surface area (Å²) in [5.74, 6) is -13.5. The molecule has 0 unspecified atom stereocenters. The van der Waals surface area contributed by atoms with E-state index in [2.05, 4.69) is 0 Å². The van der Waals surface area contributed by atoms with Gasteiger partial charge in [-0.1, -0.05) is 0 Å². The molecule has 0 heterocycles. The summed E-state index contributed by atoms with van der Waals surface area (Å²) >= 11 is 0. The monoisotopic (exact) mass is 508 g/mol. The Labute approximate surface area is 196 Å². The van der Waals surface area contributed by atoms with Crippen LogP contribution in [0.4, 0.5) is 0 Å². The van der Waals surface area contributed by atoms with Gasteiger partial charge in [0.1, 0.15) is 0 Å². The average molecular weight is 508 g/mol. The van der Waals surface area contributed by atoms with Crippen molar-refractivity contribution in [2.45, 2.75) is 0 Å². The van der Waals surface area contributed by atoms with Gasteiger partial charge in [0.05, 0.1) is 44.5 Å². The van der Waals surface area contributed by atoms with Crippen molar-refractivity contribution in [2.24, 2.45) is 0 Å². The van der Waals surface area contributed by atoms with Crippen LogP contribution in [0, 0.1) is 0 Å². The Hall–Kier alpha value is -5.80. The van der Waals surface area contributed by atoms with Gasteiger partial charge in [-0.15, -0.1) is 0 Å². The van der Waals surface area contributed by atoms with E-state index in [9.17, 15) is 38.4 Å². The zero-order valence-corrected chi connectivity index (χ0v) is 17.2. The van der Waals surface area contributed by atoms with Crippen molar-refractivity contribution in [3.8, 4) is 0 Å². The third-order valence-corrected chi connectivity index (χ3v) is 4.12. The largest absolute Gasteiger partial charge is 0.478 e. The van der Waals surface area contributed by atoms with Crippen LogP contribution in [0.3, 0.4) is 0 Å². The maximum atomic E-state index is 10.9. The van der Waals surface area contributed by atoms with Crippen molar-refractivity contribution < 1.29 is 79.2 Å². The van der Waals surface area contributed by atoms with E-state index in [-0.39, 0.29) is 0 Å². The molecule has 0 radical (unpaired) electrons. The lowest BCUT2D eigenvalue weighted by molar-refractivity contribution is 0.0629. The molecule has 0 aliphatic heterocycles. The summed E-state index contributed by atoms with van der Waals surface area (Å²) in [6.45, 7) is 0. The number of benzene rings is 2. The lowest BCUT2D eigenvalue weighted by Gasteiger charge is -2.07. The van der Waals surface area contributed by atoms with Crippen molar-refractivity contribution in [2.75, 3.05) is 0 Å². The van der Waals surface area contributed by atoms with Crippen LogP contribution < -0.4 is 0 Å². The quantitative estimate of drug-likeness (QED) is 0.246. The molecule has 0 aliphatic rings. The van der Waals surface area contributed by atoms with Crippen molar-refractivity contribution >= 4 is 47.8 Å². The molecule has 0 saturated carbocycles. The third kappa shape index (κ3) is 6.16. The molecule has 2 rings (SSSR count). The summed E-state index contributed by atoms with van der Waals surface area (Å²) in [6.07, 6.45) is 0. The predicted octanol–water partition coefficient (Wildman–Crippen LogP) is 0.959. The molecule has 0 aliphatic carbocycles. The summed E-state index contributed by atoms with van der Waals surface area (Å²) < 4.78 is 0. The predicted molar refractivity (Wildman–Crippen MR) is 109 cm³/mol. The number of hydrogen-bond acceptors (Lipinski definition) is 8. The van der Waals surface area contributed by atoms with Gasteiger partial charge in [-0.2, -0.15) is 0 Å². The fraction of sp³-hybridized carbons (Fsp3) is 0. The number of hydrogen-bond donors (Lipinski definition) is 8. The second-order valence-corrected chi connectivity index (χ2v) is 6.33. The molecule has 8 N–H and O–H groups in total. The van der Waals surface area contributed by atoms with Crippen LogP contribution in [0.5, 0.6) is 0 Å². The fourth-order valence-corrected chi connectivity index (χ4v) is 2.67. The minimum absolute atomic E-state index is 0.598. The zero-order chi connectivity index (χ0) is 28.1. The highest BCUT2D eigenvalue weighted by Gasteiger charge is 2.27. The molecule has 2 aromatic carbocycles. The Balaban J connectivity index is 0.000000360. The standard InChI is InChI=1S/2C10H6O8/c2*11-7(12)3-1-4(8(13)14)6(10(17)18)5(2-3)9(15)16/h2*1-2H,(H,11,12)(H,13,14)(H,15,16)(H,17,18). The Bertz CT molecular complexity index is 1180. The molecule has 36 heavy (non-hydrogen) atoms. The van der Waals surface area contributed by atoms with Crippen molar-refractivity contribution in [1.82, 2.24) is 0 Å². The number of carbonyl (C=O) groups is 8. The second-order valence-electron chi connectivity index (χ2n) is 6.33. The van der Waals surface area contributed by atoms with Gasteiger partial charge >= 0.3 is 47.8 Å². The first kappa shape index (κ1) is 28.2. The highest BCUT2D eigenvalue weighted by molar-refractivity contribution is 6.12. The molecule has 0 saturated heterocycles. The van der Waals surface area contributed by atoms with Gasteiger partial charge in [0.25, 0.3) is 0 Å². The van der Waals surface area contributed by atoms with Gasteiger partial charge in [0, 0.05) is 0 Å². The average Bonchev–Trinajstić information content (AvgIpc) is 2.76. The zero-order valence-electron chi connectivity index (χ0n) is 17.2. The van der Waals surface area contributed by atoms with Gasteiger partial charge in [-0.05, 0) is 24.3 Å². The molecule has 16 nitrogen and oxygen atoms in total. The topological polar surface area (TPSA) is 298 Å². The fourth-order valence-electron chi connectivity index (χ4n) is 2.67. The van der Waals surface area contributed by atoms with Crippen LogP contribution in [0.15, 0.2) is 24.3 Å². The Morgan fingerprint density at radius 3 is 0.639 bits per heavy atom. The molecule has 188 valence electrons. The van der Waals surface area contributed by atoms with E-state index < -0.39 is 92.3 Å². The molecule has 0 fully saturated rings. The second kappa shape index (κ2) is 10.9. The number of carboxylic acids is 8. The molecule has 0 atom stereocenters. The smallest absolute Gasteiger partial charge is 0.337 e. The molecular weight excluding hydrogens is 496 g/mol. The van der Waals surface area contributed by atoms with Gasteiger partial charge in [0.2, 0.25) is 0 Å². The van der Waals surface area contributed by atoms with E-state index >= 15 is 0 Å². The van der Waals surface area contributed by atoms with E-state index in [1.54, 1.807) is 0 Å². The van der Waals surface area contributed by atoms with Crippen molar-refractivity contribution in [3.63, 3.8) is 0 Å². The van der Waals surface area contributed by atoms with E-state index in [0.29, 0.717) is 24.3 Å². The molecule has 0 spiro atoms. The van der Waals surface area contributed by atoms with Crippen LogP contribution in [0.25, 0.3) is 0 Å². The van der Waals surface area contributed by atoms with E-state index in [4.69, 9.17) is 40.9 Å². The number of carboxylic acid groups (broad SMARTS) is 8. The van der Waals surface area contributed by atoms with Crippen molar-refractivity contribution in [1.29, 1.82) is 0 Å². The number of rotatable bonds is 8. The van der Waals surface area contributed by atoms with Crippen molar-refractivity contribution in [3.05, 3.63) is 68.8 Å². The summed E-state index contributed by atoms with van der Waals surface area (Å²) in [5, 5.41) is 70.1. The summed E-state index contributed by atoms with van der Waals surface area (Å²) in [4.78, 5) is 86.4. The normalized spacial score (nSPS) is 9.78. The lowest BCUT2D eigenvalue weighted by Crippen LogP contribution is -2.16. The van der Waals surface area contributed by atoms with Crippen LogP contribution >= 0.6 is 0 Å². The van der Waals surface area contributed by atoms with Gasteiger partial charge < -0.3 is 40.9 Å². The molecule has 2 aromatic rings. The molecular formula is C20H12O16. The first-order valence-electron chi connectivity index (χ1n) is 8.73. The van der Waals surface area contributed by atoms with Crippen LogP contribution in [-0.2, 0) is 0 Å². The minimum atomic E-state index is -1.76. The van der Waals surface area contributed by atoms with E-state index in [1.807, 2.05) is 0 Å². The van der Waals surface area contributed by atoms with E-state index in [1.165, 1.54) is 0 Å². The Morgan fingerprint density at radius 1 is 0.333 bits per heavy atom. The first-order chi connectivity index (χ1) is 16.5. The Kier molecular flexibility index (Phi) is 8.53. The maximum absolute atomic E-state index is 10.9. The Morgan fingerprint density at radius 2 is 0.528 bits per heavy atom. The van der Waals surface area contributed by atoms with Gasteiger partial charge in [0.15, 0.2) is 0 Å². The minimum Gasteiger partial charge on any atom is -0.478 e. The van der Waals surface area contributed by atoms with Crippen LogP contribution in [-0.4, -0.2) is 88.6 Å².